The Bertz CT molecular complexity index is 684. The molecule has 112 valence electrons. The summed E-state index contributed by atoms with van der Waals surface area (Å²) < 4.78 is 11.4. The van der Waals surface area contributed by atoms with E-state index in [2.05, 4.69) is 0 Å². The third-order valence-electron chi connectivity index (χ3n) is 3.82. The van der Waals surface area contributed by atoms with E-state index >= 15 is 0 Å². The van der Waals surface area contributed by atoms with Gasteiger partial charge in [-0.15, -0.1) is 0 Å². The van der Waals surface area contributed by atoms with E-state index in [1.165, 1.54) is 0 Å². The quantitative estimate of drug-likeness (QED) is 0.807. The lowest BCUT2D eigenvalue weighted by Crippen LogP contribution is -2.48. The van der Waals surface area contributed by atoms with Gasteiger partial charge in [0.2, 0.25) is 0 Å². The lowest BCUT2D eigenvalue weighted by molar-refractivity contribution is -0.0592. The van der Waals surface area contributed by atoms with Gasteiger partial charge in [-0.2, -0.15) is 0 Å². The van der Waals surface area contributed by atoms with Gasteiger partial charge < -0.3 is 14.1 Å². The van der Waals surface area contributed by atoms with Gasteiger partial charge in [0.15, 0.2) is 11.3 Å². The molecule has 1 amide bonds. The highest BCUT2D eigenvalue weighted by Gasteiger charge is 2.30. The van der Waals surface area contributed by atoms with Crippen LogP contribution in [0.1, 0.15) is 30.0 Å². The van der Waals surface area contributed by atoms with E-state index in [1.807, 2.05) is 32.9 Å². The molecule has 1 fully saturated rings. The van der Waals surface area contributed by atoms with Crippen LogP contribution in [0.15, 0.2) is 22.6 Å². The molecule has 1 aliphatic rings. The highest BCUT2D eigenvalue weighted by Crippen LogP contribution is 2.31. The zero-order chi connectivity index (χ0) is 15.1. The van der Waals surface area contributed by atoms with Crippen molar-refractivity contribution < 1.29 is 13.9 Å². The van der Waals surface area contributed by atoms with Crippen molar-refractivity contribution in [3.8, 4) is 0 Å². The number of fused-ring (bicyclic) bond motifs is 1. The summed E-state index contributed by atoms with van der Waals surface area (Å²) in [7, 11) is 0. The van der Waals surface area contributed by atoms with Crippen molar-refractivity contribution in [3.63, 3.8) is 0 Å². The number of halogens is 1. The molecule has 5 heteroatoms. The number of ether oxygens (including phenoxy) is 1. The van der Waals surface area contributed by atoms with Crippen molar-refractivity contribution in [2.45, 2.75) is 33.0 Å². The second-order valence-corrected chi connectivity index (χ2v) is 6.05. The molecule has 0 N–H and O–H groups in total. The molecule has 21 heavy (non-hydrogen) atoms. The zero-order valence-corrected chi connectivity index (χ0v) is 13.1. The van der Waals surface area contributed by atoms with Crippen LogP contribution in [0, 0.1) is 6.92 Å². The predicted octanol–water partition coefficient (Wildman–Crippen LogP) is 3.64. The minimum absolute atomic E-state index is 0.0333. The Labute approximate surface area is 128 Å². The fraction of sp³-hybridized carbons (Fsp3) is 0.438. The largest absolute Gasteiger partial charge is 0.449 e. The minimum atomic E-state index is -0.0956. The first-order valence-electron chi connectivity index (χ1n) is 7.09. The summed E-state index contributed by atoms with van der Waals surface area (Å²) in [5.74, 6) is 0.279. The standard InChI is InChI=1S/C16H18ClNO3/c1-9-7-18(8-10(2)20-9)16(19)14-11(3)12-5-4-6-13(17)15(12)21-14/h4-6,9-10H,7-8H2,1-3H3/t9-,10-/m0/s1. The molecule has 1 aromatic carbocycles. The van der Waals surface area contributed by atoms with E-state index in [9.17, 15) is 4.79 Å². The molecule has 1 aliphatic heterocycles. The fourth-order valence-corrected chi connectivity index (χ4v) is 3.11. The first kappa shape index (κ1) is 14.4. The van der Waals surface area contributed by atoms with Gasteiger partial charge in [-0.3, -0.25) is 4.79 Å². The number of hydrogen-bond donors (Lipinski definition) is 0. The second kappa shape index (κ2) is 5.35. The van der Waals surface area contributed by atoms with Crippen LogP contribution in [0.4, 0.5) is 0 Å². The van der Waals surface area contributed by atoms with E-state index < -0.39 is 0 Å². The first-order chi connectivity index (χ1) is 9.97. The average Bonchev–Trinajstić information content (AvgIpc) is 2.76. The molecule has 0 unspecified atom stereocenters. The Kier molecular flexibility index (Phi) is 3.68. The van der Waals surface area contributed by atoms with Gasteiger partial charge >= 0.3 is 0 Å². The number of rotatable bonds is 1. The first-order valence-corrected chi connectivity index (χ1v) is 7.47. The van der Waals surface area contributed by atoms with Crippen LogP contribution < -0.4 is 0 Å². The Hall–Kier alpha value is -1.52. The summed E-state index contributed by atoms with van der Waals surface area (Å²) in [6.07, 6.45) is 0.0666. The maximum Gasteiger partial charge on any atom is 0.290 e. The molecule has 2 heterocycles. The number of para-hydroxylation sites is 1. The van der Waals surface area contributed by atoms with Gasteiger partial charge in [-0.1, -0.05) is 23.7 Å². The Morgan fingerprint density at radius 1 is 1.29 bits per heavy atom. The molecular weight excluding hydrogens is 290 g/mol. The number of morpholine rings is 1. The maximum atomic E-state index is 12.7. The highest BCUT2D eigenvalue weighted by molar-refractivity contribution is 6.35. The van der Waals surface area contributed by atoms with Gasteiger partial charge in [0.05, 0.1) is 17.2 Å². The van der Waals surface area contributed by atoms with Crippen molar-refractivity contribution in [2.75, 3.05) is 13.1 Å². The monoisotopic (exact) mass is 307 g/mol. The molecule has 0 aliphatic carbocycles. The van der Waals surface area contributed by atoms with Crippen LogP contribution in [0.5, 0.6) is 0 Å². The summed E-state index contributed by atoms with van der Waals surface area (Å²) in [6, 6.07) is 5.54. The van der Waals surface area contributed by atoms with Crippen molar-refractivity contribution >= 4 is 28.5 Å². The summed E-state index contributed by atoms with van der Waals surface area (Å²) in [6.45, 7) is 6.99. The third-order valence-corrected chi connectivity index (χ3v) is 4.11. The summed E-state index contributed by atoms with van der Waals surface area (Å²) in [5.41, 5.74) is 1.42. The number of nitrogens with zero attached hydrogens (tertiary/aromatic N) is 1. The van der Waals surface area contributed by atoms with E-state index in [4.69, 9.17) is 20.8 Å². The van der Waals surface area contributed by atoms with Crippen LogP contribution in [0.3, 0.4) is 0 Å². The number of carbonyl (C=O) groups is 1. The van der Waals surface area contributed by atoms with E-state index in [0.717, 1.165) is 10.9 Å². The van der Waals surface area contributed by atoms with Gasteiger partial charge in [0.1, 0.15) is 0 Å². The van der Waals surface area contributed by atoms with E-state index in [0.29, 0.717) is 29.5 Å². The molecule has 0 radical (unpaired) electrons. The Balaban J connectivity index is 1.98. The lowest BCUT2D eigenvalue weighted by Gasteiger charge is -2.34. The van der Waals surface area contributed by atoms with Crippen molar-refractivity contribution in [1.82, 2.24) is 4.90 Å². The topological polar surface area (TPSA) is 42.7 Å². The average molecular weight is 308 g/mol. The number of amides is 1. The summed E-state index contributed by atoms with van der Waals surface area (Å²) >= 11 is 6.14. The number of furan rings is 1. The van der Waals surface area contributed by atoms with Gasteiger partial charge in [-0.25, -0.2) is 0 Å². The molecule has 0 bridgehead atoms. The van der Waals surface area contributed by atoms with Gasteiger partial charge in [-0.05, 0) is 26.8 Å². The molecule has 0 saturated carbocycles. The van der Waals surface area contributed by atoms with Crippen molar-refractivity contribution in [3.05, 3.63) is 34.5 Å². The molecule has 2 atom stereocenters. The molecule has 1 aromatic heterocycles. The number of carbonyl (C=O) groups excluding carboxylic acids is 1. The maximum absolute atomic E-state index is 12.7. The summed E-state index contributed by atoms with van der Waals surface area (Å²) in [5, 5.41) is 1.42. The molecule has 4 nitrogen and oxygen atoms in total. The third kappa shape index (κ3) is 2.54. The van der Waals surface area contributed by atoms with E-state index in [-0.39, 0.29) is 18.1 Å². The smallest absolute Gasteiger partial charge is 0.290 e. The fourth-order valence-electron chi connectivity index (χ4n) is 2.90. The molecule has 0 spiro atoms. The van der Waals surface area contributed by atoms with Gasteiger partial charge in [0, 0.05) is 24.0 Å². The van der Waals surface area contributed by atoms with Crippen LogP contribution in [-0.2, 0) is 4.74 Å². The van der Waals surface area contributed by atoms with Crippen LogP contribution in [0.25, 0.3) is 11.0 Å². The van der Waals surface area contributed by atoms with Crippen molar-refractivity contribution in [1.29, 1.82) is 0 Å². The van der Waals surface area contributed by atoms with E-state index in [1.54, 1.807) is 11.0 Å². The second-order valence-electron chi connectivity index (χ2n) is 5.64. The van der Waals surface area contributed by atoms with Crippen LogP contribution in [0.2, 0.25) is 5.02 Å². The lowest BCUT2D eigenvalue weighted by atomic mass is 10.1. The number of benzene rings is 1. The highest BCUT2D eigenvalue weighted by atomic mass is 35.5. The Morgan fingerprint density at radius 3 is 2.57 bits per heavy atom. The van der Waals surface area contributed by atoms with Crippen LogP contribution in [-0.4, -0.2) is 36.1 Å². The van der Waals surface area contributed by atoms with Gasteiger partial charge in [0.25, 0.3) is 5.91 Å². The SMILES string of the molecule is Cc1c(C(=O)N2C[C@H](C)O[C@@H](C)C2)oc2c(Cl)cccc12. The summed E-state index contributed by atoms with van der Waals surface area (Å²) in [4.78, 5) is 14.5. The molecular formula is C16H18ClNO3. The number of hydrogen-bond acceptors (Lipinski definition) is 3. The molecule has 3 rings (SSSR count). The molecule has 2 aromatic rings. The van der Waals surface area contributed by atoms with Crippen LogP contribution >= 0.6 is 11.6 Å². The Morgan fingerprint density at radius 2 is 1.95 bits per heavy atom. The minimum Gasteiger partial charge on any atom is -0.449 e. The normalized spacial score (nSPS) is 22.8. The van der Waals surface area contributed by atoms with Crippen molar-refractivity contribution in [2.24, 2.45) is 0 Å². The molecule has 1 saturated heterocycles. The zero-order valence-electron chi connectivity index (χ0n) is 12.4. The number of aryl methyl sites for hydroxylation is 1. The predicted molar refractivity (Wildman–Crippen MR) is 81.9 cm³/mol.